The number of aryl methyl sites for hydroxylation is 1. The number of hydrogen-bond acceptors (Lipinski definition) is 1. The van der Waals surface area contributed by atoms with E-state index in [9.17, 15) is 0 Å². The number of rotatable bonds is 2. The van der Waals surface area contributed by atoms with Crippen LogP contribution in [0.2, 0.25) is 0 Å². The molecule has 0 atom stereocenters. The molecule has 0 aliphatic rings. The van der Waals surface area contributed by atoms with Crippen molar-refractivity contribution in [1.29, 1.82) is 0 Å². The van der Waals surface area contributed by atoms with Crippen LogP contribution in [0.5, 0.6) is 0 Å². The van der Waals surface area contributed by atoms with Crippen LogP contribution in [-0.4, -0.2) is 0 Å². The largest absolute Gasteiger partial charge is 0.456 e. The van der Waals surface area contributed by atoms with Crippen LogP contribution in [0.15, 0.2) is 83.3 Å². The highest BCUT2D eigenvalue weighted by molar-refractivity contribution is 6.12. The van der Waals surface area contributed by atoms with Crippen LogP contribution in [0.25, 0.3) is 32.7 Å². The van der Waals surface area contributed by atoms with Gasteiger partial charge in [0.05, 0.1) is 0 Å². The van der Waals surface area contributed by atoms with Crippen LogP contribution in [-0.2, 0) is 6.42 Å². The Balaban J connectivity index is 1.84. The predicted molar refractivity (Wildman–Crippen MR) is 105 cm³/mol. The van der Waals surface area contributed by atoms with Gasteiger partial charge in [-0.15, -0.1) is 0 Å². The van der Waals surface area contributed by atoms with Crippen LogP contribution < -0.4 is 0 Å². The summed E-state index contributed by atoms with van der Waals surface area (Å²) in [5.41, 5.74) is 5.84. The van der Waals surface area contributed by atoms with E-state index in [1.807, 2.05) is 6.07 Å². The molecule has 0 radical (unpaired) electrons. The third kappa shape index (κ3) is 2.32. The van der Waals surface area contributed by atoms with Gasteiger partial charge in [-0.3, -0.25) is 0 Å². The summed E-state index contributed by atoms with van der Waals surface area (Å²) < 4.78 is 6.29. The summed E-state index contributed by atoms with van der Waals surface area (Å²) in [6.07, 6.45) is 0.873. The smallest absolute Gasteiger partial charge is 0.139 e. The molecule has 25 heavy (non-hydrogen) atoms. The topological polar surface area (TPSA) is 13.1 Å². The zero-order chi connectivity index (χ0) is 16.8. The van der Waals surface area contributed by atoms with E-state index in [1.165, 1.54) is 38.2 Å². The van der Waals surface area contributed by atoms with Crippen molar-refractivity contribution in [3.8, 4) is 0 Å². The van der Waals surface area contributed by atoms with Crippen molar-refractivity contribution in [2.24, 2.45) is 0 Å². The van der Waals surface area contributed by atoms with Gasteiger partial charge in [0.15, 0.2) is 0 Å². The number of furan rings is 1. The molecule has 0 unspecified atom stereocenters. The van der Waals surface area contributed by atoms with E-state index >= 15 is 0 Å². The quantitative estimate of drug-likeness (QED) is 0.355. The molecule has 1 nitrogen and oxygen atoms in total. The summed E-state index contributed by atoms with van der Waals surface area (Å²) in [7, 11) is 0. The van der Waals surface area contributed by atoms with Gasteiger partial charge in [0.2, 0.25) is 0 Å². The highest BCUT2D eigenvalue weighted by Crippen LogP contribution is 2.36. The zero-order valence-electron chi connectivity index (χ0n) is 14.1. The Bertz CT molecular complexity index is 1210. The maximum atomic E-state index is 6.29. The minimum absolute atomic E-state index is 0.873. The molecule has 0 bridgehead atoms. The van der Waals surface area contributed by atoms with Crippen molar-refractivity contribution < 1.29 is 4.42 Å². The fraction of sp³-hybridized carbons (Fsp3) is 0.0833. The van der Waals surface area contributed by atoms with Crippen molar-refractivity contribution >= 4 is 32.7 Å². The molecule has 120 valence electrons. The fourth-order valence-corrected chi connectivity index (χ4v) is 3.69. The Morgan fingerprint density at radius 2 is 1.44 bits per heavy atom. The number of para-hydroxylation sites is 1. The van der Waals surface area contributed by atoms with Crippen LogP contribution in [0.4, 0.5) is 0 Å². The van der Waals surface area contributed by atoms with Gasteiger partial charge < -0.3 is 4.42 Å². The second-order valence-electron chi connectivity index (χ2n) is 6.71. The number of benzene rings is 4. The average Bonchev–Trinajstić information content (AvgIpc) is 3.02. The van der Waals surface area contributed by atoms with Gasteiger partial charge in [-0.05, 0) is 35.4 Å². The van der Waals surface area contributed by atoms with Crippen molar-refractivity contribution in [2.75, 3.05) is 0 Å². The standard InChI is InChI=1S/C24H18O/c1-16-10-12-17(13-11-16)14-21-19-7-3-2-6-18(19)15-22-20-8-4-5-9-23(20)25-24(21)22/h2-13,15H,14H2,1H3. The lowest BCUT2D eigenvalue weighted by Crippen LogP contribution is -1.91. The van der Waals surface area contributed by atoms with Crippen molar-refractivity contribution in [2.45, 2.75) is 13.3 Å². The summed E-state index contributed by atoms with van der Waals surface area (Å²) in [5.74, 6) is 0. The molecule has 0 N–H and O–H groups in total. The minimum Gasteiger partial charge on any atom is -0.456 e. The summed E-state index contributed by atoms with van der Waals surface area (Å²) >= 11 is 0. The maximum absolute atomic E-state index is 6.29. The van der Waals surface area contributed by atoms with E-state index in [0.29, 0.717) is 0 Å². The Morgan fingerprint density at radius 1 is 0.720 bits per heavy atom. The van der Waals surface area contributed by atoms with Crippen LogP contribution in [0.1, 0.15) is 16.7 Å². The van der Waals surface area contributed by atoms with E-state index in [0.717, 1.165) is 17.6 Å². The first-order valence-electron chi connectivity index (χ1n) is 8.67. The van der Waals surface area contributed by atoms with Crippen LogP contribution in [0.3, 0.4) is 0 Å². The van der Waals surface area contributed by atoms with E-state index in [4.69, 9.17) is 4.42 Å². The SMILES string of the molecule is Cc1ccc(Cc2c3ccccc3cc3c2oc2ccccc23)cc1. The summed E-state index contributed by atoms with van der Waals surface area (Å²) in [5, 5.41) is 4.93. The van der Waals surface area contributed by atoms with Gasteiger partial charge in [0.25, 0.3) is 0 Å². The number of hydrogen-bond donors (Lipinski definition) is 0. The van der Waals surface area contributed by atoms with E-state index in [1.54, 1.807) is 0 Å². The molecule has 5 aromatic rings. The van der Waals surface area contributed by atoms with E-state index < -0.39 is 0 Å². The van der Waals surface area contributed by atoms with Crippen molar-refractivity contribution in [1.82, 2.24) is 0 Å². The molecular formula is C24H18O. The first kappa shape index (κ1) is 14.3. The third-order valence-electron chi connectivity index (χ3n) is 5.00. The highest BCUT2D eigenvalue weighted by atomic mass is 16.3. The Kier molecular flexibility index (Phi) is 3.14. The minimum atomic E-state index is 0.873. The Morgan fingerprint density at radius 3 is 2.28 bits per heavy atom. The normalized spacial score (nSPS) is 11.6. The van der Waals surface area contributed by atoms with Gasteiger partial charge in [0.1, 0.15) is 11.2 Å². The molecule has 1 aromatic heterocycles. The van der Waals surface area contributed by atoms with Crippen LogP contribution in [0, 0.1) is 6.92 Å². The molecule has 0 aliphatic carbocycles. The second kappa shape index (κ2) is 5.49. The first-order valence-corrected chi connectivity index (χ1v) is 8.67. The van der Waals surface area contributed by atoms with Gasteiger partial charge in [0, 0.05) is 22.8 Å². The molecular weight excluding hydrogens is 304 g/mol. The van der Waals surface area contributed by atoms with Gasteiger partial charge >= 0.3 is 0 Å². The van der Waals surface area contributed by atoms with Crippen LogP contribution >= 0.6 is 0 Å². The number of fused-ring (bicyclic) bond motifs is 4. The first-order chi connectivity index (χ1) is 12.3. The molecule has 0 spiro atoms. The maximum Gasteiger partial charge on any atom is 0.139 e. The second-order valence-corrected chi connectivity index (χ2v) is 6.71. The molecule has 0 fully saturated rings. The highest BCUT2D eigenvalue weighted by Gasteiger charge is 2.14. The lowest BCUT2D eigenvalue weighted by Gasteiger charge is -2.09. The van der Waals surface area contributed by atoms with Crippen molar-refractivity contribution in [3.05, 3.63) is 95.6 Å². The zero-order valence-corrected chi connectivity index (χ0v) is 14.1. The van der Waals surface area contributed by atoms with Crippen molar-refractivity contribution in [3.63, 3.8) is 0 Å². The molecule has 0 saturated heterocycles. The average molecular weight is 322 g/mol. The lowest BCUT2D eigenvalue weighted by molar-refractivity contribution is 0.665. The van der Waals surface area contributed by atoms with Gasteiger partial charge in [-0.2, -0.15) is 0 Å². The van der Waals surface area contributed by atoms with Gasteiger partial charge in [-0.25, -0.2) is 0 Å². The molecule has 4 aromatic carbocycles. The molecule has 0 aliphatic heterocycles. The lowest BCUT2D eigenvalue weighted by atomic mass is 9.95. The fourth-order valence-electron chi connectivity index (χ4n) is 3.69. The molecule has 0 amide bonds. The third-order valence-corrected chi connectivity index (χ3v) is 5.00. The predicted octanol–water partition coefficient (Wildman–Crippen LogP) is 6.64. The van der Waals surface area contributed by atoms with E-state index in [-0.39, 0.29) is 0 Å². The molecule has 5 rings (SSSR count). The summed E-state index contributed by atoms with van der Waals surface area (Å²) in [4.78, 5) is 0. The Hall–Kier alpha value is -3.06. The monoisotopic (exact) mass is 322 g/mol. The summed E-state index contributed by atoms with van der Waals surface area (Å²) in [6, 6.07) is 27.9. The van der Waals surface area contributed by atoms with E-state index in [2.05, 4.69) is 79.7 Å². The molecule has 0 saturated carbocycles. The molecule has 1 heteroatoms. The Labute approximate surface area is 146 Å². The van der Waals surface area contributed by atoms with Gasteiger partial charge in [-0.1, -0.05) is 72.3 Å². The summed E-state index contributed by atoms with van der Waals surface area (Å²) in [6.45, 7) is 2.12. The molecule has 1 heterocycles.